The summed E-state index contributed by atoms with van der Waals surface area (Å²) in [5.74, 6) is -0.456. The molecule has 2 amide bonds. The fraction of sp³-hybridized carbons (Fsp3) is 0.556. The van der Waals surface area contributed by atoms with Crippen molar-refractivity contribution in [1.29, 1.82) is 0 Å². The zero-order chi connectivity index (χ0) is 17.9. The third-order valence-electron chi connectivity index (χ3n) is 3.90. The molecule has 24 heavy (non-hydrogen) atoms. The largest absolute Gasteiger partial charge is 0.335 e. The Hall–Kier alpha value is -1.59. The minimum absolute atomic E-state index is 0. The van der Waals surface area contributed by atoms with Crippen LogP contribution in [0.5, 0.6) is 0 Å². The molecule has 0 aromatic heterocycles. The van der Waals surface area contributed by atoms with Crippen LogP contribution < -0.4 is 11.1 Å². The van der Waals surface area contributed by atoms with Crippen LogP contribution in [-0.2, 0) is 9.59 Å². The van der Waals surface area contributed by atoms with Crippen molar-refractivity contribution >= 4 is 29.9 Å². The van der Waals surface area contributed by atoms with E-state index in [9.17, 15) is 9.59 Å². The molecule has 0 radical (unpaired) electrons. The average Bonchev–Trinajstić information content (AvgIpc) is 2.39. The Bertz CT molecular complexity index is 586. The quantitative estimate of drug-likeness (QED) is 0.872. The molecule has 0 saturated carbocycles. The Morgan fingerprint density at radius 1 is 1.17 bits per heavy atom. The Morgan fingerprint density at radius 3 is 2.04 bits per heavy atom. The number of anilines is 1. The molecule has 6 heteroatoms. The van der Waals surface area contributed by atoms with Crippen LogP contribution in [0, 0.1) is 26.2 Å². The van der Waals surface area contributed by atoms with E-state index in [-0.39, 0.29) is 36.2 Å². The highest BCUT2D eigenvalue weighted by Crippen LogP contribution is 2.22. The molecule has 136 valence electrons. The fourth-order valence-corrected chi connectivity index (χ4v) is 2.46. The lowest BCUT2D eigenvalue weighted by Crippen LogP contribution is -2.50. The van der Waals surface area contributed by atoms with E-state index in [0.29, 0.717) is 0 Å². The molecule has 5 nitrogen and oxygen atoms in total. The number of nitrogens with one attached hydrogen (secondary N) is 1. The minimum atomic E-state index is -0.636. The first-order chi connectivity index (χ1) is 10.4. The summed E-state index contributed by atoms with van der Waals surface area (Å²) in [5.41, 5.74) is 9.61. The Balaban J connectivity index is 0.00000529. The predicted octanol–water partition coefficient (Wildman–Crippen LogP) is 2.80. The molecule has 0 aliphatic carbocycles. The standard InChI is InChI=1S/C18H29N3O2.ClH/c1-11-8-12(2)15(13(3)9-11)20-14(22)10-21(7)17(23)16(19)18(4,5)6;/h8-9,16H,10,19H2,1-7H3,(H,20,22);1H/t16-;/m1./s1. The van der Waals surface area contributed by atoms with Gasteiger partial charge in [0.25, 0.3) is 0 Å². The lowest BCUT2D eigenvalue weighted by Gasteiger charge is -2.29. The Kier molecular flexibility index (Phi) is 7.93. The van der Waals surface area contributed by atoms with Gasteiger partial charge in [0.05, 0.1) is 12.6 Å². The molecule has 0 fully saturated rings. The third kappa shape index (κ3) is 5.80. The molecule has 0 unspecified atom stereocenters. The van der Waals surface area contributed by atoms with Gasteiger partial charge in [-0.25, -0.2) is 0 Å². The molecular weight excluding hydrogens is 326 g/mol. The maximum atomic E-state index is 12.3. The Labute approximate surface area is 151 Å². The van der Waals surface area contributed by atoms with E-state index < -0.39 is 6.04 Å². The highest BCUT2D eigenvalue weighted by atomic mass is 35.5. The summed E-state index contributed by atoms with van der Waals surface area (Å²) in [6.07, 6.45) is 0. The van der Waals surface area contributed by atoms with E-state index >= 15 is 0 Å². The molecule has 0 bridgehead atoms. The summed E-state index contributed by atoms with van der Waals surface area (Å²) in [6, 6.07) is 3.41. The second kappa shape index (κ2) is 8.49. The van der Waals surface area contributed by atoms with Crippen molar-refractivity contribution in [3.63, 3.8) is 0 Å². The molecule has 1 aromatic rings. The number of nitrogens with two attached hydrogens (primary N) is 1. The maximum absolute atomic E-state index is 12.3. The van der Waals surface area contributed by atoms with E-state index in [0.717, 1.165) is 22.4 Å². The second-order valence-electron chi connectivity index (χ2n) is 7.36. The number of amides is 2. The molecule has 0 aliphatic rings. The van der Waals surface area contributed by atoms with Crippen molar-refractivity contribution in [2.75, 3.05) is 18.9 Å². The summed E-state index contributed by atoms with van der Waals surface area (Å²) >= 11 is 0. The van der Waals surface area contributed by atoms with E-state index in [1.165, 1.54) is 4.90 Å². The zero-order valence-corrected chi connectivity index (χ0v) is 16.5. The topological polar surface area (TPSA) is 75.4 Å². The van der Waals surface area contributed by atoms with Crippen molar-refractivity contribution in [1.82, 2.24) is 4.90 Å². The SMILES string of the molecule is Cc1cc(C)c(NC(=O)CN(C)C(=O)[C@@H](N)C(C)(C)C)c(C)c1.Cl. The number of carbonyl (C=O) groups is 2. The van der Waals surface area contributed by atoms with Gasteiger partial charge < -0.3 is 16.0 Å². The summed E-state index contributed by atoms with van der Waals surface area (Å²) < 4.78 is 0. The van der Waals surface area contributed by atoms with Crippen LogP contribution in [-0.4, -0.2) is 36.3 Å². The summed E-state index contributed by atoms with van der Waals surface area (Å²) in [5, 5.41) is 2.90. The van der Waals surface area contributed by atoms with Crippen molar-refractivity contribution < 1.29 is 9.59 Å². The Morgan fingerprint density at radius 2 is 1.62 bits per heavy atom. The van der Waals surface area contributed by atoms with Crippen LogP contribution in [0.25, 0.3) is 0 Å². The highest BCUT2D eigenvalue weighted by molar-refractivity contribution is 5.96. The van der Waals surface area contributed by atoms with Crippen LogP contribution in [0.15, 0.2) is 12.1 Å². The molecule has 0 heterocycles. The van der Waals surface area contributed by atoms with Crippen LogP contribution >= 0.6 is 12.4 Å². The average molecular weight is 356 g/mol. The van der Waals surface area contributed by atoms with Crippen LogP contribution in [0.3, 0.4) is 0 Å². The van der Waals surface area contributed by atoms with Gasteiger partial charge in [0.1, 0.15) is 0 Å². The zero-order valence-electron chi connectivity index (χ0n) is 15.7. The molecule has 1 aromatic carbocycles. The first-order valence-electron chi connectivity index (χ1n) is 7.81. The van der Waals surface area contributed by atoms with Crippen LogP contribution in [0.2, 0.25) is 0 Å². The number of likely N-dealkylation sites (N-methyl/N-ethyl adjacent to an activating group) is 1. The van der Waals surface area contributed by atoms with Crippen molar-refractivity contribution in [3.8, 4) is 0 Å². The summed E-state index contributed by atoms with van der Waals surface area (Å²) in [6.45, 7) is 11.6. The van der Waals surface area contributed by atoms with Gasteiger partial charge in [0, 0.05) is 12.7 Å². The molecule has 0 spiro atoms. The molecule has 3 N–H and O–H groups in total. The minimum Gasteiger partial charge on any atom is -0.335 e. The van der Waals surface area contributed by atoms with Gasteiger partial charge in [-0.05, 0) is 37.3 Å². The molecule has 0 aliphatic heterocycles. The maximum Gasteiger partial charge on any atom is 0.243 e. The number of halogens is 1. The van der Waals surface area contributed by atoms with Gasteiger partial charge in [-0.2, -0.15) is 0 Å². The monoisotopic (exact) mass is 355 g/mol. The fourth-order valence-electron chi connectivity index (χ4n) is 2.46. The van der Waals surface area contributed by atoms with Gasteiger partial charge >= 0.3 is 0 Å². The second-order valence-corrected chi connectivity index (χ2v) is 7.36. The molecule has 1 atom stereocenters. The van der Waals surface area contributed by atoms with Gasteiger partial charge in [-0.1, -0.05) is 38.5 Å². The van der Waals surface area contributed by atoms with Gasteiger partial charge in [-0.3, -0.25) is 9.59 Å². The van der Waals surface area contributed by atoms with Gasteiger partial charge in [0.2, 0.25) is 11.8 Å². The van der Waals surface area contributed by atoms with Crippen LogP contribution in [0.1, 0.15) is 37.5 Å². The van der Waals surface area contributed by atoms with Crippen molar-refractivity contribution in [2.24, 2.45) is 11.1 Å². The van der Waals surface area contributed by atoms with E-state index in [2.05, 4.69) is 5.32 Å². The number of hydrogen-bond acceptors (Lipinski definition) is 3. The van der Waals surface area contributed by atoms with E-state index in [4.69, 9.17) is 5.73 Å². The number of rotatable bonds is 4. The smallest absolute Gasteiger partial charge is 0.243 e. The first-order valence-corrected chi connectivity index (χ1v) is 7.81. The molecule has 0 saturated heterocycles. The normalized spacial score (nSPS) is 12.2. The van der Waals surface area contributed by atoms with Gasteiger partial charge in [0.15, 0.2) is 0 Å². The number of aryl methyl sites for hydroxylation is 3. The van der Waals surface area contributed by atoms with Crippen molar-refractivity contribution in [2.45, 2.75) is 47.6 Å². The summed E-state index contributed by atoms with van der Waals surface area (Å²) in [4.78, 5) is 25.9. The lowest BCUT2D eigenvalue weighted by molar-refractivity contribution is -0.136. The number of carbonyl (C=O) groups excluding carboxylic acids is 2. The summed E-state index contributed by atoms with van der Waals surface area (Å²) in [7, 11) is 1.60. The number of nitrogens with zero attached hydrogens (tertiary/aromatic N) is 1. The van der Waals surface area contributed by atoms with Gasteiger partial charge in [-0.15, -0.1) is 12.4 Å². The van der Waals surface area contributed by atoms with E-state index in [1.807, 2.05) is 53.7 Å². The first kappa shape index (κ1) is 22.4. The van der Waals surface area contributed by atoms with Crippen molar-refractivity contribution in [3.05, 3.63) is 28.8 Å². The van der Waals surface area contributed by atoms with Crippen LogP contribution in [0.4, 0.5) is 5.69 Å². The highest BCUT2D eigenvalue weighted by Gasteiger charge is 2.30. The molecule has 1 rings (SSSR count). The third-order valence-corrected chi connectivity index (χ3v) is 3.90. The molecular formula is C18H30ClN3O2. The van der Waals surface area contributed by atoms with E-state index in [1.54, 1.807) is 7.05 Å². The predicted molar refractivity (Wildman–Crippen MR) is 102 cm³/mol. The number of hydrogen-bond donors (Lipinski definition) is 2. The lowest BCUT2D eigenvalue weighted by atomic mass is 9.86. The number of benzene rings is 1.